The molecule has 2 aromatic rings. The number of imidazole rings is 1. The van der Waals surface area contributed by atoms with E-state index in [1.54, 1.807) is 0 Å². The summed E-state index contributed by atoms with van der Waals surface area (Å²) in [5, 5.41) is 0. The van der Waals surface area contributed by atoms with Gasteiger partial charge < -0.3 is 10.7 Å². The first-order chi connectivity index (χ1) is 7.50. The average molecular weight is 225 g/mol. The highest BCUT2D eigenvalue weighted by Crippen LogP contribution is 2.22. The van der Waals surface area contributed by atoms with Crippen molar-refractivity contribution in [2.45, 2.75) is 19.9 Å². The van der Waals surface area contributed by atoms with Gasteiger partial charge in [-0.1, -0.05) is 13.8 Å². The van der Waals surface area contributed by atoms with Crippen LogP contribution in [0.25, 0.3) is 11.0 Å². The number of rotatable bonds is 2. The zero-order chi connectivity index (χ0) is 11.9. The van der Waals surface area contributed by atoms with Gasteiger partial charge in [0.15, 0.2) is 11.6 Å². The van der Waals surface area contributed by atoms with E-state index < -0.39 is 11.6 Å². The maximum Gasteiger partial charge on any atom is 0.186 e. The van der Waals surface area contributed by atoms with Crippen LogP contribution in [0.4, 0.5) is 8.78 Å². The van der Waals surface area contributed by atoms with Crippen molar-refractivity contribution in [2.24, 2.45) is 11.7 Å². The van der Waals surface area contributed by atoms with Crippen molar-refractivity contribution in [2.75, 3.05) is 0 Å². The molecule has 0 bridgehead atoms. The third kappa shape index (κ3) is 1.67. The zero-order valence-electron chi connectivity index (χ0n) is 9.09. The minimum absolute atomic E-state index is 0.00565. The monoisotopic (exact) mass is 225 g/mol. The van der Waals surface area contributed by atoms with Crippen molar-refractivity contribution >= 4 is 11.0 Å². The lowest BCUT2D eigenvalue weighted by atomic mass is 10.1. The maximum atomic E-state index is 13.4. The van der Waals surface area contributed by atoms with Crippen LogP contribution in [0, 0.1) is 17.6 Å². The highest BCUT2D eigenvalue weighted by molar-refractivity contribution is 5.75. The number of H-pyrrole nitrogens is 1. The molecule has 2 rings (SSSR count). The summed E-state index contributed by atoms with van der Waals surface area (Å²) < 4.78 is 26.3. The highest BCUT2D eigenvalue weighted by atomic mass is 19.2. The molecule has 3 nitrogen and oxygen atoms in total. The molecule has 1 aromatic heterocycles. The second-order valence-corrected chi connectivity index (χ2v) is 4.15. The lowest BCUT2D eigenvalue weighted by molar-refractivity contribution is 0.493. The minimum atomic E-state index is -0.934. The summed E-state index contributed by atoms with van der Waals surface area (Å²) in [6.07, 6.45) is 0. The van der Waals surface area contributed by atoms with Gasteiger partial charge in [0.05, 0.1) is 11.6 Å². The fraction of sp³-hybridized carbons (Fsp3) is 0.364. The van der Waals surface area contributed by atoms with E-state index in [2.05, 4.69) is 9.97 Å². The van der Waals surface area contributed by atoms with Crippen molar-refractivity contribution in [3.63, 3.8) is 0 Å². The molecule has 5 heteroatoms. The van der Waals surface area contributed by atoms with Crippen molar-refractivity contribution < 1.29 is 8.78 Å². The normalized spacial score (nSPS) is 13.6. The second kappa shape index (κ2) is 3.83. The Hall–Kier alpha value is -1.49. The van der Waals surface area contributed by atoms with Crippen molar-refractivity contribution in [1.29, 1.82) is 0 Å². The van der Waals surface area contributed by atoms with Gasteiger partial charge in [0.25, 0.3) is 0 Å². The van der Waals surface area contributed by atoms with Gasteiger partial charge in [-0.2, -0.15) is 0 Å². The Morgan fingerprint density at radius 1 is 1.31 bits per heavy atom. The predicted octanol–water partition coefficient (Wildman–Crippen LogP) is 2.50. The highest BCUT2D eigenvalue weighted by Gasteiger charge is 2.17. The van der Waals surface area contributed by atoms with Crippen LogP contribution < -0.4 is 5.73 Å². The summed E-state index contributed by atoms with van der Waals surface area (Å²) in [6.45, 7) is 3.88. The molecule has 0 radical (unpaired) electrons. The number of halogens is 2. The number of nitrogens with one attached hydrogen (secondary N) is 1. The van der Waals surface area contributed by atoms with Gasteiger partial charge in [0.1, 0.15) is 11.3 Å². The number of benzene rings is 1. The van der Waals surface area contributed by atoms with Crippen LogP contribution in [0.5, 0.6) is 0 Å². The van der Waals surface area contributed by atoms with Crippen LogP contribution in [0.1, 0.15) is 25.7 Å². The van der Waals surface area contributed by atoms with Crippen LogP contribution in [-0.4, -0.2) is 9.97 Å². The van der Waals surface area contributed by atoms with E-state index >= 15 is 0 Å². The Kier molecular flexibility index (Phi) is 2.63. The fourth-order valence-corrected chi connectivity index (χ4v) is 1.51. The van der Waals surface area contributed by atoms with E-state index in [0.29, 0.717) is 11.3 Å². The van der Waals surface area contributed by atoms with E-state index in [0.717, 1.165) is 6.07 Å². The number of nitrogens with zero attached hydrogens (tertiary/aromatic N) is 1. The van der Waals surface area contributed by atoms with E-state index in [-0.39, 0.29) is 17.5 Å². The smallest absolute Gasteiger partial charge is 0.186 e. The Bertz CT molecular complexity index is 519. The van der Waals surface area contributed by atoms with Gasteiger partial charge in [-0.25, -0.2) is 13.8 Å². The molecule has 86 valence electrons. The molecule has 0 spiro atoms. The van der Waals surface area contributed by atoms with Crippen LogP contribution in [0.15, 0.2) is 12.1 Å². The standard InChI is InChI=1S/C11H13F2N3/c1-5(2)9(14)11-15-7-4-3-6(12)8(13)10(7)16-11/h3-5,9H,14H2,1-2H3,(H,15,16). The van der Waals surface area contributed by atoms with Crippen molar-refractivity contribution in [1.82, 2.24) is 9.97 Å². The third-order valence-corrected chi connectivity index (χ3v) is 2.60. The SMILES string of the molecule is CC(C)C(N)c1nc2c(F)c(F)ccc2[nH]1. The number of aromatic amines is 1. The lowest BCUT2D eigenvalue weighted by Crippen LogP contribution is -2.18. The average Bonchev–Trinajstić information content (AvgIpc) is 2.67. The van der Waals surface area contributed by atoms with E-state index in [1.165, 1.54) is 6.07 Å². The van der Waals surface area contributed by atoms with Gasteiger partial charge in [-0.05, 0) is 18.1 Å². The van der Waals surface area contributed by atoms with Crippen LogP contribution in [0.3, 0.4) is 0 Å². The van der Waals surface area contributed by atoms with Gasteiger partial charge in [-0.3, -0.25) is 0 Å². The molecule has 3 N–H and O–H groups in total. The number of hydrogen-bond donors (Lipinski definition) is 2. The number of hydrogen-bond acceptors (Lipinski definition) is 2. The molecule has 0 amide bonds. The number of nitrogens with two attached hydrogens (primary N) is 1. The van der Waals surface area contributed by atoms with Crippen LogP contribution in [0.2, 0.25) is 0 Å². The Balaban J connectivity index is 2.56. The fourth-order valence-electron chi connectivity index (χ4n) is 1.51. The molecule has 1 heterocycles. The first-order valence-corrected chi connectivity index (χ1v) is 5.10. The van der Waals surface area contributed by atoms with Crippen LogP contribution in [-0.2, 0) is 0 Å². The summed E-state index contributed by atoms with van der Waals surface area (Å²) in [6, 6.07) is 2.22. The second-order valence-electron chi connectivity index (χ2n) is 4.15. The van der Waals surface area contributed by atoms with Gasteiger partial charge in [0, 0.05) is 0 Å². The first kappa shape index (κ1) is 11.0. The Morgan fingerprint density at radius 3 is 2.62 bits per heavy atom. The molecule has 16 heavy (non-hydrogen) atoms. The molecular weight excluding hydrogens is 212 g/mol. The molecule has 0 saturated heterocycles. The summed E-state index contributed by atoms with van der Waals surface area (Å²) >= 11 is 0. The molecule has 0 aliphatic heterocycles. The van der Waals surface area contributed by atoms with Crippen molar-refractivity contribution in [3.8, 4) is 0 Å². The summed E-state index contributed by atoms with van der Waals surface area (Å²) in [5.74, 6) is -1.18. The Labute approximate surface area is 91.7 Å². The topological polar surface area (TPSA) is 54.7 Å². The maximum absolute atomic E-state index is 13.4. The molecule has 0 aliphatic carbocycles. The molecule has 1 aromatic carbocycles. The number of aromatic nitrogens is 2. The van der Waals surface area contributed by atoms with Gasteiger partial charge >= 0.3 is 0 Å². The van der Waals surface area contributed by atoms with E-state index in [4.69, 9.17) is 5.73 Å². The molecule has 1 atom stereocenters. The molecule has 0 saturated carbocycles. The number of fused-ring (bicyclic) bond motifs is 1. The summed E-state index contributed by atoms with van der Waals surface area (Å²) in [4.78, 5) is 6.90. The minimum Gasteiger partial charge on any atom is -0.341 e. The first-order valence-electron chi connectivity index (χ1n) is 5.10. The zero-order valence-corrected chi connectivity index (χ0v) is 9.09. The summed E-state index contributed by atoms with van der Waals surface area (Å²) in [5.41, 5.74) is 6.35. The third-order valence-electron chi connectivity index (χ3n) is 2.60. The molecular formula is C11H13F2N3. The van der Waals surface area contributed by atoms with Crippen LogP contribution >= 0.6 is 0 Å². The molecule has 1 unspecified atom stereocenters. The van der Waals surface area contributed by atoms with Gasteiger partial charge in [0.2, 0.25) is 0 Å². The molecule has 0 aliphatic rings. The van der Waals surface area contributed by atoms with Gasteiger partial charge in [-0.15, -0.1) is 0 Å². The summed E-state index contributed by atoms with van der Waals surface area (Å²) in [7, 11) is 0. The van der Waals surface area contributed by atoms with E-state index in [1.807, 2.05) is 13.8 Å². The van der Waals surface area contributed by atoms with E-state index in [9.17, 15) is 8.78 Å². The van der Waals surface area contributed by atoms with Crippen molar-refractivity contribution in [3.05, 3.63) is 29.6 Å². The predicted molar refractivity (Wildman–Crippen MR) is 57.8 cm³/mol. The quantitative estimate of drug-likeness (QED) is 0.825. The largest absolute Gasteiger partial charge is 0.341 e. The lowest BCUT2D eigenvalue weighted by Gasteiger charge is -2.11. The Morgan fingerprint density at radius 2 is 2.00 bits per heavy atom. The molecule has 0 fully saturated rings.